The quantitative estimate of drug-likeness (QED) is 0.609. The lowest BCUT2D eigenvalue weighted by Gasteiger charge is -2.34. The van der Waals surface area contributed by atoms with Gasteiger partial charge >= 0.3 is 0 Å². The van der Waals surface area contributed by atoms with E-state index < -0.39 is 45.4 Å². The lowest BCUT2D eigenvalue weighted by Crippen LogP contribution is -2.47. The van der Waals surface area contributed by atoms with E-state index in [1.165, 1.54) is 18.2 Å². The SMILES string of the molecule is O=C(Nc1cc(F)c(F)c(F)c1)c1cccc(S(=O)(=O)N2CCC(CO)C(O)C2)c1. The van der Waals surface area contributed by atoms with Crippen LogP contribution in [-0.4, -0.2) is 54.6 Å². The summed E-state index contributed by atoms with van der Waals surface area (Å²) in [6.07, 6.45) is -0.744. The lowest BCUT2D eigenvalue weighted by atomic mass is 9.96. The van der Waals surface area contributed by atoms with Gasteiger partial charge in [0.2, 0.25) is 10.0 Å². The van der Waals surface area contributed by atoms with Crippen LogP contribution in [-0.2, 0) is 10.0 Å². The molecule has 2 atom stereocenters. The van der Waals surface area contributed by atoms with E-state index in [0.717, 1.165) is 10.4 Å². The molecule has 2 aromatic carbocycles. The summed E-state index contributed by atoms with van der Waals surface area (Å²) in [7, 11) is -4.03. The third-order valence-corrected chi connectivity index (χ3v) is 6.76. The zero-order chi connectivity index (χ0) is 22.1. The Labute approximate surface area is 170 Å². The lowest BCUT2D eigenvalue weighted by molar-refractivity contribution is 0.0222. The fourth-order valence-corrected chi connectivity index (χ4v) is 4.68. The number of hydrogen-bond acceptors (Lipinski definition) is 5. The molecule has 30 heavy (non-hydrogen) atoms. The van der Waals surface area contributed by atoms with Gasteiger partial charge in [0, 0.05) is 49.0 Å². The first kappa shape index (κ1) is 22.2. The van der Waals surface area contributed by atoms with Gasteiger partial charge in [-0.15, -0.1) is 0 Å². The van der Waals surface area contributed by atoms with Crippen LogP contribution >= 0.6 is 0 Å². The minimum atomic E-state index is -4.03. The number of aliphatic hydroxyl groups is 2. The second-order valence-corrected chi connectivity index (χ2v) is 8.84. The number of β-amino-alcohol motifs (C(OH)–C–C–N with tert-alkyl or cyclic N) is 1. The third kappa shape index (κ3) is 4.48. The van der Waals surface area contributed by atoms with E-state index in [1.54, 1.807) is 0 Å². The Hall–Kier alpha value is -2.47. The molecule has 1 fully saturated rings. The fourth-order valence-electron chi connectivity index (χ4n) is 3.16. The Kier molecular flexibility index (Phi) is 6.46. The monoisotopic (exact) mass is 444 g/mol. The number of anilines is 1. The molecular weight excluding hydrogens is 425 g/mol. The van der Waals surface area contributed by atoms with E-state index in [9.17, 15) is 36.6 Å². The summed E-state index contributed by atoms with van der Waals surface area (Å²) in [5.41, 5.74) is -0.439. The zero-order valence-corrected chi connectivity index (χ0v) is 16.4. The highest BCUT2D eigenvalue weighted by Crippen LogP contribution is 2.25. The third-order valence-electron chi connectivity index (χ3n) is 4.89. The van der Waals surface area contributed by atoms with E-state index in [2.05, 4.69) is 5.32 Å². The van der Waals surface area contributed by atoms with Gasteiger partial charge in [-0.1, -0.05) is 6.07 Å². The number of amides is 1. The smallest absolute Gasteiger partial charge is 0.255 e. The van der Waals surface area contributed by atoms with E-state index in [4.69, 9.17) is 0 Å². The molecule has 1 heterocycles. The predicted molar refractivity (Wildman–Crippen MR) is 101 cm³/mol. The van der Waals surface area contributed by atoms with Crippen molar-refractivity contribution in [3.05, 3.63) is 59.4 Å². The summed E-state index contributed by atoms with van der Waals surface area (Å²) in [6.45, 7) is -0.359. The molecule has 162 valence electrons. The minimum Gasteiger partial charge on any atom is -0.396 e. The Morgan fingerprint density at radius 3 is 2.43 bits per heavy atom. The summed E-state index contributed by atoms with van der Waals surface area (Å²) >= 11 is 0. The molecule has 1 amide bonds. The molecule has 0 spiro atoms. The Morgan fingerprint density at radius 2 is 1.83 bits per heavy atom. The highest BCUT2D eigenvalue weighted by Gasteiger charge is 2.34. The van der Waals surface area contributed by atoms with Crippen LogP contribution in [0.25, 0.3) is 0 Å². The van der Waals surface area contributed by atoms with Gasteiger partial charge in [-0.3, -0.25) is 4.79 Å². The van der Waals surface area contributed by atoms with Gasteiger partial charge < -0.3 is 15.5 Å². The van der Waals surface area contributed by atoms with Gasteiger partial charge in [-0.2, -0.15) is 4.31 Å². The summed E-state index contributed by atoms with van der Waals surface area (Å²) in [6, 6.07) is 6.19. The Morgan fingerprint density at radius 1 is 1.17 bits per heavy atom. The summed E-state index contributed by atoms with van der Waals surface area (Å²) in [5, 5.41) is 21.4. The maximum Gasteiger partial charge on any atom is 0.255 e. The van der Waals surface area contributed by atoms with Gasteiger partial charge in [-0.05, 0) is 24.6 Å². The summed E-state index contributed by atoms with van der Waals surface area (Å²) < 4.78 is 66.5. The first-order valence-corrected chi connectivity index (χ1v) is 10.4. The van der Waals surface area contributed by atoms with E-state index >= 15 is 0 Å². The first-order chi connectivity index (χ1) is 14.1. The molecule has 2 unspecified atom stereocenters. The standard InChI is InChI=1S/C19H19F3N2O5S/c20-15-7-13(8-16(21)18(15)22)23-19(27)11-2-1-3-14(6-11)30(28,29)24-5-4-12(10-25)17(26)9-24/h1-3,6-8,12,17,25-26H,4-5,9-10H2,(H,23,27). The fraction of sp³-hybridized carbons (Fsp3) is 0.316. The number of piperidine rings is 1. The van der Waals surface area contributed by atoms with Crippen LogP contribution in [0.15, 0.2) is 41.3 Å². The molecule has 11 heteroatoms. The molecule has 1 saturated heterocycles. The number of carbonyl (C=O) groups excluding carboxylic acids is 1. The van der Waals surface area contributed by atoms with Crippen molar-refractivity contribution in [2.45, 2.75) is 17.4 Å². The van der Waals surface area contributed by atoms with Crippen LogP contribution in [0.1, 0.15) is 16.8 Å². The molecular formula is C19H19F3N2O5S. The minimum absolute atomic E-state index is 0.0924. The van der Waals surface area contributed by atoms with E-state index in [0.29, 0.717) is 12.1 Å². The molecule has 7 nitrogen and oxygen atoms in total. The number of aliphatic hydroxyl groups excluding tert-OH is 2. The van der Waals surface area contributed by atoms with Crippen LogP contribution in [0.4, 0.5) is 18.9 Å². The van der Waals surface area contributed by atoms with Crippen molar-refractivity contribution in [2.24, 2.45) is 5.92 Å². The molecule has 1 aliphatic rings. The summed E-state index contributed by atoms with van der Waals surface area (Å²) in [5.74, 6) is -5.90. The highest BCUT2D eigenvalue weighted by molar-refractivity contribution is 7.89. The maximum atomic E-state index is 13.3. The largest absolute Gasteiger partial charge is 0.396 e. The summed E-state index contributed by atoms with van der Waals surface area (Å²) in [4.78, 5) is 12.2. The van der Waals surface area contributed by atoms with Crippen LogP contribution in [0.2, 0.25) is 0 Å². The number of nitrogens with one attached hydrogen (secondary N) is 1. The Balaban J connectivity index is 1.81. The molecule has 0 bridgehead atoms. The zero-order valence-electron chi connectivity index (χ0n) is 15.6. The topological polar surface area (TPSA) is 107 Å². The van der Waals surface area contributed by atoms with Crippen molar-refractivity contribution in [1.29, 1.82) is 0 Å². The number of carbonyl (C=O) groups is 1. The van der Waals surface area contributed by atoms with Crippen LogP contribution in [0.5, 0.6) is 0 Å². The van der Waals surface area contributed by atoms with E-state index in [1.807, 2.05) is 0 Å². The second-order valence-electron chi connectivity index (χ2n) is 6.90. The molecule has 3 rings (SSSR count). The van der Waals surface area contributed by atoms with Crippen molar-refractivity contribution >= 4 is 21.6 Å². The number of nitrogens with zero attached hydrogens (tertiary/aromatic N) is 1. The van der Waals surface area contributed by atoms with Gasteiger partial charge in [0.1, 0.15) is 0 Å². The highest BCUT2D eigenvalue weighted by atomic mass is 32.2. The van der Waals surface area contributed by atoms with Crippen LogP contribution in [0.3, 0.4) is 0 Å². The van der Waals surface area contributed by atoms with Gasteiger partial charge in [-0.25, -0.2) is 21.6 Å². The average Bonchev–Trinajstić information content (AvgIpc) is 2.72. The van der Waals surface area contributed by atoms with Crippen molar-refractivity contribution in [3.63, 3.8) is 0 Å². The van der Waals surface area contributed by atoms with Gasteiger partial charge in [0.05, 0.1) is 11.0 Å². The van der Waals surface area contributed by atoms with Crippen molar-refractivity contribution in [3.8, 4) is 0 Å². The van der Waals surface area contributed by atoms with Crippen molar-refractivity contribution in [1.82, 2.24) is 4.31 Å². The predicted octanol–water partition coefficient (Wildman–Crippen LogP) is 1.72. The number of hydrogen-bond donors (Lipinski definition) is 3. The molecule has 0 saturated carbocycles. The van der Waals surface area contributed by atoms with E-state index in [-0.39, 0.29) is 42.3 Å². The van der Waals surface area contributed by atoms with Crippen LogP contribution in [0, 0.1) is 23.4 Å². The first-order valence-electron chi connectivity index (χ1n) is 8.98. The molecule has 1 aliphatic heterocycles. The van der Waals surface area contributed by atoms with Gasteiger partial charge in [0.15, 0.2) is 17.5 Å². The van der Waals surface area contributed by atoms with Crippen LogP contribution < -0.4 is 5.32 Å². The molecule has 2 aromatic rings. The number of sulfonamides is 1. The molecule has 0 aromatic heterocycles. The number of rotatable bonds is 5. The van der Waals surface area contributed by atoms with Gasteiger partial charge in [0.25, 0.3) is 5.91 Å². The maximum absolute atomic E-state index is 13.3. The number of benzene rings is 2. The Bertz CT molecular complexity index is 1040. The molecule has 0 aliphatic carbocycles. The molecule has 0 radical (unpaired) electrons. The number of halogens is 3. The second kappa shape index (κ2) is 8.72. The van der Waals surface area contributed by atoms with Crippen molar-refractivity contribution in [2.75, 3.05) is 25.0 Å². The molecule has 3 N–H and O–H groups in total. The van der Waals surface area contributed by atoms with Crippen molar-refractivity contribution < 1.29 is 36.6 Å². The normalized spacial score (nSPS) is 20.2. The average molecular weight is 444 g/mol.